The molecule has 0 bridgehead atoms. The molecule has 5 heteroatoms. The molecule has 0 N–H and O–H groups in total. The molecule has 110 valence electrons. The Morgan fingerprint density at radius 3 is 2.14 bits per heavy atom. The fourth-order valence-electron chi connectivity index (χ4n) is 2.44. The van der Waals surface area contributed by atoms with Gasteiger partial charge in [-0.2, -0.15) is 0 Å². The molecule has 22 heavy (non-hydrogen) atoms. The minimum atomic E-state index is -0.810. The maximum absolute atomic E-state index is 12.5. The van der Waals surface area contributed by atoms with E-state index in [0.717, 1.165) is 20.9 Å². The van der Waals surface area contributed by atoms with Gasteiger partial charge in [0.2, 0.25) is 0 Å². The van der Waals surface area contributed by atoms with E-state index in [1.54, 1.807) is 25.1 Å². The van der Waals surface area contributed by atoms with E-state index in [4.69, 9.17) is 0 Å². The predicted octanol–water partition coefficient (Wildman–Crippen LogP) is 2.49. The van der Waals surface area contributed by atoms with Crippen LogP contribution in [0.15, 0.2) is 54.6 Å². The topological polar surface area (TPSA) is 57.7 Å². The summed E-state index contributed by atoms with van der Waals surface area (Å²) in [6.07, 6.45) is 0. The van der Waals surface area contributed by atoms with Gasteiger partial charge in [-0.3, -0.25) is 14.5 Å². The molecule has 1 aliphatic heterocycles. The number of nitrogens with zero attached hydrogens (tertiary/aromatic N) is 2. The molecule has 0 atom stereocenters. The zero-order valence-corrected chi connectivity index (χ0v) is 12.0. The molecule has 1 heterocycles. The van der Waals surface area contributed by atoms with Crippen LogP contribution in [-0.4, -0.2) is 22.7 Å². The monoisotopic (exact) mass is 294 g/mol. The first-order chi connectivity index (χ1) is 10.6. The summed E-state index contributed by atoms with van der Waals surface area (Å²) in [4.78, 5) is 38.7. The molecule has 1 fully saturated rings. The first kappa shape index (κ1) is 14.0. The molecule has 4 amide bonds. The summed E-state index contributed by atoms with van der Waals surface area (Å²) in [6.45, 7) is 1.88. The van der Waals surface area contributed by atoms with E-state index >= 15 is 0 Å². The summed E-state index contributed by atoms with van der Waals surface area (Å²) in [5.74, 6) is -1.60. The quantitative estimate of drug-likeness (QED) is 0.645. The summed E-state index contributed by atoms with van der Waals surface area (Å²) >= 11 is 0. The lowest BCUT2D eigenvalue weighted by Crippen LogP contribution is -2.33. The Morgan fingerprint density at radius 1 is 0.818 bits per heavy atom. The standard InChI is InChI=1S/C17H14N2O3/c1-12-7-5-6-10-14(12)19-16(21)15(20)18(17(19)22)11-13-8-3-2-4-9-13/h2-10H,11H2,1H3. The van der Waals surface area contributed by atoms with Gasteiger partial charge in [0.25, 0.3) is 0 Å². The Hall–Kier alpha value is -2.95. The van der Waals surface area contributed by atoms with Crippen molar-refractivity contribution in [2.75, 3.05) is 4.90 Å². The zero-order chi connectivity index (χ0) is 15.7. The van der Waals surface area contributed by atoms with Gasteiger partial charge in [0.05, 0.1) is 12.2 Å². The molecule has 0 unspecified atom stereocenters. The molecular weight excluding hydrogens is 280 g/mol. The summed E-state index contributed by atoms with van der Waals surface area (Å²) in [5, 5.41) is 0. The van der Waals surface area contributed by atoms with Gasteiger partial charge < -0.3 is 0 Å². The van der Waals surface area contributed by atoms with E-state index in [-0.39, 0.29) is 6.54 Å². The van der Waals surface area contributed by atoms with E-state index in [2.05, 4.69) is 0 Å². The van der Waals surface area contributed by atoms with Crippen LogP contribution >= 0.6 is 0 Å². The van der Waals surface area contributed by atoms with Crippen LogP contribution in [0.4, 0.5) is 10.5 Å². The maximum Gasteiger partial charge on any atom is 0.339 e. The van der Waals surface area contributed by atoms with Gasteiger partial charge in [0, 0.05) is 0 Å². The lowest BCUT2D eigenvalue weighted by molar-refractivity contribution is -0.139. The molecule has 1 saturated heterocycles. The lowest BCUT2D eigenvalue weighted by Gasteiger charge is -2.17. The van der Waals surface area contributed by atoms with Crippen LogP contribution in [0.5, 0.6) is 0 Å². The first-order valence-electron chi connectivity index (χ1n) is 6.89. The molecule has 0 spiro atoms. The van der Waals surface area contributed by atoms with Crippen LogP contribution in [0.25, 0.3) is 0 Å². The third-order valence-electron chi connectivity index (χ3n) is 3.59. The van der Waals surface area contributed by atoms with Crippen molar-refractivity contribution in [2.24, 2.45) is 0 Å². The van der Waals surface area contributed by atoms with Crippen LogP contribution < -0.4 is 4.90 Å². The molecule has 0 aromatic heterocycles. The third-order valence-corrected chi connectivity index (χ3v) is 3.59. The Labute approximate surface area is 127 Å². The molecule has 0 aliphatic carbocycles. The van der Waals surface area contributed by atoms with Crippen molar-refractivity contribution < 1.29 is 14.4 Å². The van der Waals surface area contributed by atoms with E-state index in [1.165, 1.54) is 0 Å². The first-order valence-corrected chi connectivity index (χ1v) is 6.89. The highest BCUT2D eigenvalue weighted by molar-refractivity contribution is 6.52. The maximum atomic E-state index is 12.5. The van der Waals surface area contributed by atoms with Crippen LogP contribution in [0.2, 0.25) is 0 Å². The molecule has 2 aromatic carbocycles. The molecule has 2 aromatic rings. The van der Waals surface area contributed by atoms with Crippen molar-refractivity contribution in [3.8, 4) is 0 Å². The second-order valence-electron chi connectivity index (χ2n) is 5.09. The fraction of sp³-hybridized carbons (Fsp3) is 0.118. The largest absolute Gasteiger partial charge is 0.339 e. The normalized spacial score (nSPS) is 14.9. The summed E-state index contributed by atoms with van der Waals surface area (Å²) < 4.78 is 0. The Balaban J connectivity index is 1.93. The van der Waals surface area contributed by atoms with Crippen molar-refractivity contribution in [3.05, 3.63) is 65.7 Å². The number of carbonyl (C=O) groups excluding carboxylic acids is 3. The summed E-state index contributed by atoms with van der Waals surface area (Å²) in [5.41, 5.74) is 2.00. The third kappa shape index (κ3) is 2.26. The molecular formula is C17H14N2O3. The fourth-order valence-corrected chi connectivity index (χ4v) is 2.44. The molecule has 0 radical (unpaired) electrons. The van der Waals surface area contributed by atoms with Gasteiger partial charge in [-0.1, -0.05) is 48.5 Å². The highest BCUT2D eigenvalue weighted by Crippen LogP contribution is 2.26. The second-order valence-corrected chi connectivity index (χ2v) is 5.09. The van der Waals surface area contributed by atoms with Crippen LogP contribution in [0, 0.1) is 6.92 Å². The Bertz CT molecular complexity index is 756. The number of para-hydroxylation sites is 1. The van der Waals surface area contributed by atoms with Gasteiger partial charge in [0.15, 0.2) is 0 Å². The summed E-state index contributed by atoms with van der Waals surface area (Å²) in [7, 11) is 0. The number of rotatable bonds is 3. The number of imide groups is 2. The zero-order valence-electron chi connectivity index (χ0n) is 12.0. The van der Waals surface area contributed by atoms with Crippen molar-refractivity contribution >= 4 is 23.5 Å². The van der Waals surface area contributed by atoms with Crippen LogP contribution in [0.1, 0.15) is 11.1 Å². The number of anilines is 1. The molecule has 5 nitrogen and oxygen atoms in total. The van der Waals surface area contributed by atoms with Crippen LogP contribution in [-0.2, 0) is 16.1 Å². The van der Waals surface area contributed by atoms with Gasteiger partial charge in [0.1, 0.15) is 0 Å². The molecule has 0 saturated carbocycles. The predicted molar refractivity (Wildman–Crippen MR) is 81.1 cm³/mol. The highest BCUT2D eigenvalue weighted by Gasteiger charge is 2.45. The average molecular weight is 294 g/mol. The van der Waals surface area contributed by atoms with Crippen molar-refractivity contribution in [1.29, 1.82) is 0 Å². The van der Waals surface area contributed by atoms with Gasteiger partial charge in [-0.05, 0) is 24.1 Å². The molecule has 1 aliphatic rings. The number of benzene rings is 2. The lowest BCUT2D eigenvalue weighted by atomic mass is 10.2. The number of hydrogen-bond donors (Lipinski definition) is 0. The Kier molecular flexibility index (Phi) is 3.47. The van der Waals surface area contributed by atoms with Gasteiger partial charge >= 0.3 is 17.8 Å². The SMILES string of the molecule is Cc1ccccc1N1C(=O)C(=O)N(Cc2ccccc2)C1=O. The minimum absolute atomic E-state index is 0.0899. The van der Waals surface area contributed by atoms with E-state index in [9.17, 15) is 14.4 Å². The minimum Gasteiger partial charge on any atom is -0.263 e. The van der Waals surface area contributed by atoms with Gasteiger partial charge in [-0.15, -0.1) is 0 Å². The summed E-state index contributed by atoms with van der Waals surface area (Å²) in [6, 6.07) is 15.5. The van der Waals surface area contributed by atoms with Crippen LogP contribution in [0.3, 0.4) is 0 Å². The Morgan fingerprint density at radius 2 is 1.45 bits per heavy atom. The van der Waals surface area contributed by atoms with Crippen molar-refractivity contribution in [1.82, 2.24) is 4.90 Å². The van der Waals surface area contributed by atoms with Gasteiger partial charge in [-0.25, -0.2) is 9.69 Å². The highest BCUT2D eigenvalue weighted by atomic mass is 16.2. The molecule has 3 rings (SSSR count). The number of amides is 4. The average Bonchev–Trinajstić information content (AvgIpc) is 2.73. The van der Waals surface area contributed by atoms with Crippen molar-refractivity contribution in [2.45, 2.75) is 13.5 Å². The smallest absolute Gasteiger partial charge is 0.263 e. The van der Waals surface area contributed by atoms with E-state index in [1.807, 2.05) is 36.4 Å². The van der Waals surface area contributed by atoms with E-state index in [0.29, 0.717) is 5.69 Å². The number of urea groups is 1. The number of aryl methyl sites for hydroxylation is 1. The van der Waals surface area contributed by atoms with Crippen molar-refractivity contribution in [3.63, 3.8) is 0 Å². The van der Waals surface area contributed by atoms with E-state index < -0.39 is 17.8 Å². The number of hydrogen-bond acceptors (Lipinski definition) is 3. The number of carbonyl (C=O) groups is 3. The second kappa shape index (κ2) is 5.44.